The fraction of sp³-hybridized carbons (Fsp3) is 0.133. The van der Waals surface area contributed by atoms with E-state index in [4.69, 9.17) is 10.5 Å². The summed E-state index contributed by atoms with van der Waals surface area (Å²) in [4.78, 5) is 4.64. The SMILES string of the molecule is CCOc1ccc2nc(-c3ccc(Br)cc3N)sc2c1. The largest absolute Gasteiger partial charge is 0.494 e. The van der Waals surface area contributed by atoms with Gasteiger partial charge in [-0.1, -0.05) is 15.9 Å². The first-order valence-corrected chi connectivity index (χ1v) is 7.87. The van der Waals surface area contributed by atoms with Crippen LogP contribution < -0.4 is 10.5 Å². The van der Waals surface area contributed by atoms with Crippen LogP contribution in [0.4, 0.5) is 5.69 Å². The highest BCUT2D eigenvalue weighted by Crippen LogP contribution is 2.35. The summed E-state index contributed by atoms with van der Waals surface area (Å²) in [6, 6.07) is 11.8. The van der Waals surface area contributed by atoms with Gasteiger partial charge >= 0.3 is 0 Å². The fourth-order valence-electron chi connectivity index (χ4n) is 2.00. The Morgan fingerprint density at radius 2 is 2.10 bits per heavy atom. The number of nitrogens with two attached hydrogens (primary N) is 1. The van der Waals surface area contributed by atoms with Crippen LogP contribution in [0.25, 0.3) is 20.8 Å². The number of halogens is 1. The lowest BCUT2D eigenvalue weighted by molar-refractivity contribution is 0.341. The molecule has 2 N–H and O–H groups in total. The lowest BCUT2D eigenvalue weighted by Gasteiger charge is -2.01. The summed E-state index contributed by atoms with van der Waals surface area (Å²) in [5.41, 5.74) is 8.72. The minimum absolute atomic E-state index is 0.664. The van der Waals surface area contributed by atoms with Crippen molar-refractivity contribution in [2.24, 2.45) is 0 Å². The van der Waals surface area contributed by atoms with Crippen molar-refractivity contribution in [3.8, 4) is 16.3 Å². The molecule has 0 atom stereocenters. The molecule has 1 aromatic heterocycles. The molecule has 0 aliphatic rings. The van der Waals surface area contributed by atoms with Gasteiger partial charge in [-0.2, -0.15) is 0 Å². The lowest BCUT2D eigenvalue weighted by atomic mass is 10.2. The third-order valence-electron chi connectivity index (χ3n) is 2.91. The van der Waals surface area contributed by atoms with E-state index in [2.05, 4.69) is 20.9 Å². The third-order valence-corrected chi connectivity index (χ3v) is 4.46. The highest BCUT2D eigenvalue weighted by atomic mass is 79.9. The van der Waals surface area contributed by atoms with E-state index in [1.165, 1.54) is 0 Å². The second-order valence-electron chi connectivity index (χ2n) is 4.31. The maximum atomic E-state index is 6.06. The number of hydrogen-bond acceptors (Lipinski definition) is 4. The van der Waals surface area contributed by atoms with Crippen molar-refractivity contribution < 1.29 is 4.74 Å². The molecule has 1 heterocycles. The summed E-state index contributed by atoms with van der Waals surface area (Å²) in [6.45, 7) is 2.64. The Hall–Kier alpha value is -1.59. The Labute approximate surface area is 129 Å². The number of thiazole rings is 1. The van der Waals surface area contributed by atoms with Gasteiger partial charge in [-0.05, 0) is 43.3 Å². The molecule has 102 valence electrons. The van der Waals surface area contributed by atoms with Gasteiger partial charge in [0, 0.05) is 15.7 Å². The predicted octanol–water partition coefficient (Wildman–Crippen LogP) is 4.71. The number of aromatic nitrogens is 1. The molecule has 2 aromatic carbocycles. The van der Waals surface area contributed by atoms with Crippen molar-refractivity contribution in [1.29, 1.82) is 0 Å². The number of rotatable bonds is 3. The molecule has 0 unspecified atom stereocenters. The van der Waals surface area contributed by atoms with Crippen LogP contribution in [-0.2, 0) is 0 Å². The van der Waals surface area contributed by atoms with Gasteiger partial charge in [0.1, 0.15) is 10.8 Å². The first kappa shape index (κ1) is 13.4. The third kappa shape index (κ3) is 2.51. The van der Waals surface area contributed by atoms with E-state index in [0.717, 1.165) is 36.7 Å². The van der Waals surface area contributed by atoms with Crippen molar-refractivity contribution >= 4 is 43.2 Å². The summed E-state index contributed by atoms with van der Waals surface area (Å²) >= 11 is 5.04. The molecule has 0 saturated carbocycles. The average Bonchev–Trinajstić information content (AvgIpc) is 2.81. The molecular formula is C15H13BrN2OS. The number of benzene rings is 2. The minimum atomic E-state index is 0.664. The van der Waals surface area contributed by atoms with Gasteiger partial charge in [0.05, 0.1) is 16.8 Å². The van der Waals surface area contributed by atoms with Gasteiger partial charge in [-0.25, -0.2) is 4.98 Å². The van der Waals surface area contributed by atoms with Crippen LogP contribution in [0.1, 0.15) is 6.92 Å². The molecule has 3 nitrogen and oxygen atoms in total. The van der Waals surface area contributed by atoms with Gasteiger partial charge < -0.3 is 10.5 Å². The van der Waals surface area contributed by atoms with Gasteiger partial charge in [0.25, 0.3) is 0 Å². The maximum absolute atomic E-state index is 6.06. The zero-order valence-electron chi connectivity index (χ0n) is 10.9. The Kier molecular flexibility index (Phi) is 3.63. The fourth-order valence-corrected chi connectivity index (χ4v) is 3.43. The van der Waals surface area contributed by atoms with E-state index < -0.39 is 0 Å². The van der Waals surface area contributed by atoms with Crippen LogP contribution in [0.3, 0.4) is 0 Å². The molecule has 20 heavy (non-hydrogen) atoms. The van der Waals surface area contributed by atoms with Crippen LogP contribution in [0.2, 0.25) is 0 Å². The van der Waals surface area contributed by atoms with Gasteiger partial charge in [0.15, 0.2) is 0 Å². The highest BCUT2D eigenvalue weighted by Gasteiger charge is 2.10. The van der Waals surface area contributed by atoms with E-state index >= 15 is 0 Å². The number of hydrogen-bond donors (Lipinski definition) is 1. The number of ether oxygens (including phenoxy) is 1. The Balaban J connectivity index is 2.08. The molecule has 0 aliphatic heterocycles. The monoisotopic (exact) mass is 348 g/mol. The van der Waals surface area contributed by atoms with E-state index in [0.29, 0.717) is 6.61 Å². The van der Waals surface area contributed by atoms with Crippen molar-refractivity contribution in [2.45, 2.75) is 6.92 Å². The second kappa shape index (κ2) is 5.42. The molecular weight excluding hydrogens is 336 g/mol. The first-order chi connectivity index (χ1) is 9.67. The Morgan fingerprint density at radius 3 is 2.85 bits per heavy atom. The highest BCUT2D eigenvalue weighted by molar-refractivity contribution is 9.10. The van der Waals surface area contributed by atoms with Gasteiger partial charge in [-0.3, -0.25) is 0 Å². The summed E-state index contributed by atoms with van der Waals surface area (Å²) in [7, 11) is 0. The van der Waals surface area contributed by atoms with Crippen molar-refractivity contribution in [3.05, 3.63) is 40.9 Å². The van der Waals surface area contributed by atoms with Gasteiger partial charge in [-0.15, -0.1) is 11.3 Å². The number of anilines is 1. The molecule has 3 rings (SSSR count). The molecule has 0 spiro atoms. The number of fused-ring (bicyclic) bond motifs is 1. The Morgan fingerprint density at radius 1 is 1.25 bits per heavy atom. The molecule has 0 saturated heterocycles. The number of nitrogens with zero attached hydrogens (tertiary/aromatic N) is 1. The summed E-state index contributed by atoms with van der Waals surface area (Å²) in [5, 5.41) is 0.929. The van der Waals surface area contributed by atoms with E-state index in [-0.39, 0.29) is 0 Å². The smallest absolute Gasteiger partial charge is 0.126 e. The Bertz CT molecular complexity index is 770. The van der Waals surface area contributed by atoms with E-state index in [1.54, 1.807) is 11.3 Å². The average molecular weight is 349 g/mol. The summed E-state index contributed by atoms with van der Waals surface area (Å²) in [6.07, 6.45) is 0. The predicted molar refractivity (Wildman–Crippen MR) is 88.3 cm³/mol. The zero-order chi connectivity index (χ0) is 14.1. The molecule has 3 aromatic rings. The van der Waals surface area contributed by atoms with Crippen molar-refractivity contribution in [3.63, 3.8) is 0 Å². The molecule has 0 bridgehead atoms. The summed E-state index contributed by atoms with van der Waals surface area (Å²) < 4.78 is 7.59. The molecule has 5 heteroatoms. The van der Waals surface area contributed by atoms with E-state index in [9.17, 15) is 0 Å². The molecule has 0 fully saturated rings. The molecule has 0 aliphatic carbocycles. The second-order valence-corrected chi connectivity index (χ2v) is 6.26. The maximum Gasteiger partial charge on any atom is 0.126 e. The zero-order valence-corrected chi connectivity index (χ0v) is 13.3. The summed E-state index contributed by atoms with van der Waals surface area (Å²) in [5.74, 6) is 0.874. The van der Waals surface area contributed by atoms with Crippen LogP contribution in [0, 0.1) is 0 Å². The molecule has 0 amide bonds. The molecule has 0 radical (unpaired) electrons. The number of nitrogen functional groups attached to an aromatic ring is 1. The topological polar surface area (TPSA) is 48.1 Å². The van der Waals surface area contributed by atoms with E-state index in [1.807, 2.05) is 43.3 Å². The van der Waals surface area contributed by atoms with Crippen LogP contribution >= 0.6 is 27.3 Å². The van der Waals surface area contributed by atoms with Gasteiger partial charge in [0.2, 0.25) is 0 Å². The minimum Gasteiger partial charge on any atom is -0.494 e. The van der Waals surface area contributed by atoms with Crippen molar-refractivity contribution in [2.75, 3.05) is 12.3 Å². The van der Waals surface area contributed by atoms with Crippen LogP contribution in [0.15, 0.2) is 40.9 Å². The van der Waals surface area contributed by atoms with Crippen LogP contribution in [-0.4, -0.2) is 11.6 Å². The van der Waals surface area contributed by atoms with Crippen LogP contribution in [0.5, 0.6) is 5.75 Å². The standard InChI is InChI=1S/C15H13BrN2OS/c1-2-19-10-4-6-13-14(8-10)20-15(18-13)11-5-3-9(16)7-12(11)17/h3-8H,2,17H2,1H3. The van der Waals surface area contributed by atoms with Crippen molar-refractivity contribution in [1.82, 2.24) is 4.98 Å². The first-order valence-electron chi connectivity index (χ1n) is 6.26. The normalized spacial score (nSPS) is 10.9. The quantitative estimate of drug-likeness (QED) is 0.697. The lowest BCUT2D eigenvalue weighted by Crippen LogP contribution is -1.90.